The number of aromatic carboxylic acids is 1. The Labute approximate surface area is 99.7 Å². The molecule has 92 valence electrons. The van der Waals surface area contributed by atoms with Gasteiger partial charge in [0.25, 0.3) is 0 Å². The number of nitrogens with zero attached hydrogens (tertiary/aromatic N) is 2. The number of pyridine rings is 1. The molecule has 0 amide bonds. The summed E-state index contributed by atoms with van der Waals surface area (Å²) in [5.74, 6) is -0.310. The minimum absolute atomic E-state index is 0.0558. The van der Waals surface area contributed by atoms with E-state index in [1.807, 2.05) is 4.90 Å². The Bertz CT molecular complexity index is 408. The molecule has 0 spiro atoms. The van der Waals surface area contributed by atoms with Crippen LogP contribution in [0.1, 0.15) is 29.6 Å². The van der Waals surface area contributed by atoms with Crippen molar-refractivity contribution < 1.29 is 15.0 Å². The number of aliphatic hydroxyl groups is 1. The largest absolute Gasteiger partial charge is 0.478 e. The van der Waals surface area contributed by atoms with Crippen LogP contribution in [0, 0.1) is 0 Å². The fourth-order valence-electron chi connectivity index (χ4n) is 2.20. The first-order valence-corrected chi connectivity index (χ1v) is 5.79. The Morgan fingerprint density at radius 1 is 1.53 bits per heavy atom. The standard InChI is InChI=1S/C12H16N2O3/c15-8-10-3-1-2-6-14(10)11-7-9(12(16)17)4-5-13-11/h4-5,7,10,15H,1-3,6,8H2,(H,16,17). The van der Waals surface area contributed by atoms with Crippen molar-refractivity contribution in [1.82, 2.24) is 4.98 Å². The number of hydrogen-bond acceptors (Lipinski definition) is 4. The molecular weight excluding hydrogens is 220 g/mol. The van der Waals surface area contributed by atoms with E-state index >= 15 is 0 Å². The van der Waals surface area contributed by atoms with Gasteiger partial charge in [-0.15, -0.1) is 0 Å². The number of rotatable bonds is 3. The predicted octanol–water partition coefficient (Wildman–Crippen LogP) is 1.13. The summed E-state index contributed by atoms with van der Waals surface area (Å²) in [6, 6.07) is 3.10. The third-order valence-corrected chi connectivity index (χ3v) is 3.12. The third kappa shape index (κ3) is 2.55. The van der Waals surface area contributed by atoms with Gasteiger partial charge in [-0.3, -0.25) is 0 Å². The van der Waals surface area contributed by atoms with Gasteiger partial charge in [-0.2, -0.15) is 0 Å². The number of hydrogen-bond donors (Lipinski definition) is 2. The molecule has 17 heavy (non-hydrogen) atoms. The van der Waals surface area contributed by atoms with Crippen molar-refractivity contribution in [1.29, 1.82) is 0 Å². The SMILES string of the molecule is O=C(O)c1ccnc(N2CCCCC2CO)c1. The minimum Gasteiger partial charge on any atom is -0.478 e. The van der Waals surface area contributed by atoms with Crippen LogP contribution in [-0.2, 0) is 0 Å². The molecule has 1 saturated heterocycles. The summed E-state index contributed by atoms with van der Waals surface area (Å²) in [6.07, 6.45) is 4.58. The molecule has 1 aliphatic heterocycles. The second-order valence-electron chi connectivity index (χ2n) is 4.23. The topological polar surface area (TPSA) is 73.7 Å². The van der Waals surface area contributed by atoms with Gasteiger partial charge in [0.1, 0.15) is 5.82 Å². The van der Waals surface area contributed by atoms with Crippen molar-refractivity contribution in [3.05, 3.63) is 23.9 Å². The molecule has 2 N–H and O–H groups in total. The van der Waals surface area contributed by atoms with Crippen LogP contribution in [0.4, 0.5) is 5.82 Å². The quantitative estimate of drug-likeness (QED) is 0.823. The summed E-state index contributed by atoms with van der Waals surface area (Å²) < 4.78 is 0. The van der Waals surface area contributed by atoms with E-state index in [0.29, 0.717) is 5.82 Å². The number of carboxylic acids is 1. The molecule has 2 rings (SSSR count). The summed E-state index contributed by atoms with van der Waals surface area (Å²) in [5, 5.41) is 18.3. The molecule has 0 aliphatic carbocycles. The third-order valence-electron chi connectivity index (χ3n) is 3.12. The zero-order valence-electron chi connectivity index (χ0n) is 9.54. The number of anilines is 1. The van der Waals surface area contributed by atoms with Crippen LogP contribution in [-0.4, -0.2) is 40.4 Å². The number of carbonyl (C=O) groups is 1. The smallest absolute Gasteiger partial charge is 0.335 e. The summed E-state index contributed by atoms with van der Waals surface area (Å²) >= 11 is 0. The van der Waals surface area contributed by atoms with Crippen molar-refractivity contribution in [2.24, 2.45) is 0 Å². The molecule has 1 aromatic heterocycles. The van der Waals surface area contributed by atoms with E-state index in [4.69, 9.17) is 5.11 Å². The highest BCUT2D eigenvalue weighted by atomic mass is 16.4. The highest BCUT2D eigenvalue weighted by molar-refractivity contribution is 5.88. The number of aliphatic hydroxyl groups excluding tert-OH is 1. The lowest BCUT2D eigenvalue weighted by Gasteiger charge is -2.35. The molecule has 0 radical (unpaired) electrons. The van der Waals surface area contributed by atoms with E-state index in [-0.39, 0.29) is 18.2 Å². The van der Waals surface area contributed by atoms with Gasteiger partial charge in [-0.05, 0) is 31.4 Å². The van der Waals surface area contributed by atoms with Gasteiger partial charge < -0.3 is 15.1 Å². The molecule has 1 atom stereocenters. The highest BCUT2D eigenvalue weighted by Gasteiger charge is 2.23. The Hall–Kier alpha value is -1.62. The van der Waals surface area contributed by atoms with Gasteiger partial charge in [-0.25, -0.2) is 9.78 Å². The van der Waals surface area contributed by atoms with Gasteiger partial charge in [0, 0.05) is 12.7 Å². The highest BCUT2D eigenvalue weighted by Crippen LogP contribution is 2.23. The Morgan fingerprint density at radius 3 is 3.06 bits per heavy atom. The predicted molar refractivity (Wildman–Crippen MR) is 63.3 cm³/mol. The van der Waals surface area contributed by atoms with E-state index in [1.165, 1.54) is 12.3 Å². The summed E-state index contributed by atoms with van der Waals surface area (Å²) in [5.41, 5.74) is 0.234. The molecule has 5 heteroatoms. The molecule has 0 aromatic carbocycles. The molecule has 5 nitrogen and oxygen atoms in total. The number of piperidine rings is 1. The maximum absolute atomic E-state index is 10.9. The molecule has 1 fully saturated rings. The van der Waals surface area contributed by atoms with Crippen molar-refractivity contribution in [3.8, 4) is 0 Å². The first-order valence-electron chi connectivity index (χ1n) is 5.79. The van der Waals surface area contributed by atoms with Crippen LogP contribution < -0.4 is 4.90 Å². The van der Waals surface area contributed by atoms with Crippen molar-refractivity contribution in [2.75, 3.05) is 18.1 Å². The zero-order valence-corrected chi connectivity index (χ0v) is 9.54. The number of aromatic nitrogens is 1. The maximum atomic E-state index is 10.9. The lowest BCUT2D eigenvalue weighted by molar-refractivity contribution is 0.0697. The van der Waals surface area contributed by atoms with Gasteiger partial charge in [0.2, 0.25) is 0 Å². The Morgan fingerprint density at radius 2 is 2.35 bits per heavy atom. The van der Waals surface area contributed by atoms with E-state index in [0.717, 1.165) is 25.8 Å². The fraction of sp³-hybridized carbons (Fsp3) is 0.500. The van der Waals surface area contributed by atoms with E-state index in [9.17, 15) is 9.90 Å². The van der Waals surface area contributed by atoms with Crippen molar-refractivity contribution in [2.45, 2.75) is 25.3 Å². The lowest BCUT2D eigenvalue weighted by Crippen LogP contribution is -2.42. The molecule has 1 unspecified atom stereocenters. The summed E-state index contributed by atoms with van der Waals surface area (Å²) in [7, 11) is 0. The molecule has 0 bridgehead atoms. The van der Waals surface area contributed by atoms with Crippen molar-refractivity contribution >= 4 is 11.8 Å². The van der Waals surface area contributed by atoms with Crippen LogP contribution in [0.2, 0.25) is 0 Å². The molecule has 0 saturated carbocycles. The second kappa shape index (κ2) is 5.14. The van der Waals surface area contributed by atoms with E-state index in [2.05, 4.69) is 4.98 Å². The second-order valence-corrected chi connectivity index (χ2v) is 4.23. The normalized spacial score (nSPS) is 20.3. The lowest BCUT2D eigenvalue weighted by atomic mass is 10.0. The van der Waals surface area contributed by atoms with Gasteiger partial charge >= 0.3 is 5.97 Å². The van der Waals surface area contributed by atoms with Crippen LogP contribution in [0.5, 0.6) is 0 Å². The van der Waals surface area contributed by atoms with E-state index in [1.54, 1.807) is 6.07 Å². The first-order chi connectivity index (χ1) is 8.22. The van der Waals surface area contributed by atoms with Gasteiger partial charge in [-0.1, -0.05) is 0 Å². The summed E-state index contributed by atoms with van der Waals surface area (Å²) in [6.45, 7) is 0.903. The molecule has 2 heterocycles. The summed E-state index contributed by atoms with van der Waals surface area (Å²) in [4.78, 5) is 17.1. The Balaban J connectivity index is 2.25. The monoisotopic (exact) mass is 236 g/mol. The van der Waals surface area contributed by atoms with E-state index < -0.39 is 5.97 Å². The van der Waals surface area contributed by atoms with Gasteiger partial charge in [0.15, 0.2) is 0 Å². The Kier molecular flexibility index (Phi) is 3.58. The zero-order chi connectivity index (χ0) is 12.3. The first kappa shape index (κ1) is 11.9. The average molecular weight is 236 g/mol. The maximum Gasteiger partial charge on any atom is 0.335 e. The van der Waals surface area contributed by atoms with Gasteiger partial charge in [0.05, 0.1) is 18.2 Å². The van der Waals surface area contributed by atoms with Crippen LogP contribution in [0.3, 0.4) is 0 Å². The van der Waals surface area contributed by atoms with Crippen LogP contribution in [0.25, 0.3) is 0 Å². The van der Waals surface area contributed by atoms with Crippen molar-refractivity contribution in [3.63, 3.8) is 0 Å². The van der Waals surface area contributed by atoms with Crippen LogP contribution in [0.15, 0.2) is 18.3 Å². The average Bonchev–Trinajstić information content (AvgIpc) is 2.39. The molecular formula is C12H16N2O3. The minimum atomic E-state index is -0.953. The van der Waals surface area contributed by atoms with Crippen LogP contribution >= 0.6 is 0 Å². The number of carboxylic acid groups (broad SMARTS) is 1. The molecule has 1 aromatic rings. The molecule has 1 aliphatic rings. The fourth-order valence-corrected chi connectivity index (χ4v) is 2.20.